The second-order valence-corrected chi connectivity index (χ2v) is 8.35. The Labute approximate surface area is 171 Å². The highest BCUT2D eigenvalue weighted by Gasteiger charge is 2.33. The van der Waals surface area contributed by atoms with Crippen molar-refractivity contribution in [2.24, 2.45) is 0 Å². The molecule has 0 aliphatic heterocycles. The number of halogens is 1. The number of carbonyl (C=O) groups excluding carboxylic acids is 2. The fourth-order valence-corrected chi connectivity index (χ4v) is 4.77. The summed E-state index contributed by atoms with van der Waals surface area (Å²) in [5, 5.41) is 7.27. The van der Waals surface area contributed by atoms with Gasteiger partial charge in [0.05, 0.1) is 29.6 Å². The molecule has 1 aromatic carbocycles. The van der Waals surface area contributed by atoms with Gasteiger partial charge in [0, 0.05) is 5.39 Å². The van der Waals surface area contributed by atoms with Gasteiger partial charge in [0.1, 0.15) is 10.5 Å². The summed E-state index contributed by atoms with van der Waals surface area (Å²) >= 11 is 7.40. The van der Waals surface area contributed by atoms with Gasteiger partial charge in [0.15, 0.2) is 0 Å². The van der Waals surface area contributed by atoms with E-state index < -0.39 is 0 Å². The van der Waals surface area contributed by atoms with Crippen LogP contribution in [0.25, 0.3) is 10.2 Å². The maximum atomic E-state index is 12.8. The third-order valence-electron chi connectivity index (χ3n) is 4.84. The van der Waals surface area contributed by atoms with Crippen LogP contribution in [0, 0.1) is 0 Å². The third-order valence-corrected chi connectivity index (χ3v) is 6.04. The molecule has 0 radical (unpaired) electrons. The van der Waals surface area contributed by atoms with E-state index in [-0.39, 0.29) is 30.5 Å². The van der Waals surface area contributed by atoms with Crippen molar-refractivity contribution in [3.05, 3.63) is 57.6 Å². The Morgan fingerprint density at radius 2 is 2.14 bits per heavy atom. The number of thiophene rings is 1. The molecule has 0 saturated heterocycles. The molecule has 1 aliphatic rings. The van der Waals surface area contributed by atoms with Gasteiger partial charge in [-0.1, -0.05) is 35.9 Å². The van der Waals surface area contributed by atoms with Crippen LogP contribution in [0.15, 0.2) is 36.4 Å². The van der Waals surface area contributed by atoms with Crippen LogP contribution in [0.1, 0.15) is 34.6 Å². The highest BCUT2D eigenvalue weighted by atomic mass is 35.5. The summed E-state index contributed by atoms with van der Waals surface area (Å²) in [6, 6.07) is 11.3. The fourth-order valence-electron chi connectivity index (χ4n) is 3.65. The number of nitrogens with one attached hydrogen (secondary N) is 3. The molecule has 2 heterocycles. The standard InChI is InChI=1S/C20H20ClN3O3S/c1-2-27-17(25)10-22-18-13-6-4-3-5-11(13)7-14(18)23-19(26)15-8-12-9-16(21)28-20(12)24-15/h3-6,8-9,14,18,22,24H,2,7,10H2,1H3,(H,23,26)/t14-,18-/m1/s1. The normalized spacial score (nSPS) is 18.2. The first-order valence-electron chi connectivity index (χ1n) is 9.11. The number of ether oxygens (including phenoxy) is 1. The van der Waals surface area contributed by atoms with Crippen molar-refractivity contribution in [2.75, 3.05) is 13.2 Å². The Hall–Kier alpha value is -2.35. The molecule has 28 heavy (non-hydrogen) atoms. The first-order chi connectivity index (χ1) is 13.5. The van der Waals surface area contributed by atoms with Crippen LogP contribution < -0.4 is 10.6 Å². The summed E-state index contributed by atoms with van der Waals surface area (Å²) in [5.41, 5.74) is 2.75. The number of hydrogen-bond donors (Lipinski definition) is 3. The summed E-state index contributed by atoms with van der Waals surface area (Å²) in [7, 11) is 0. The molecule has 4 rings (SSSR count). The Morgan fingerprint density at radius 1 is 1.32 bits per heavy atom. The number of aromatic amines is 1. The molecule has 1 aliphatic carbocycles. The van der Waals surface area contributed by atoms with Crippen LogP contribution in [-0.4, -0.2) is 36.1 Å². The molecule has 3 N–H and O–H groups in total. The largest absolute Gasteiger partial charge is 0.465 e. The van der Waals surface area contributed by atoms with Crippen LogP contribution >= 0.6 is 22.9 Å². The number of carbonyl (C=O) groups is 2. The molecule has 2 atom stereocenters. The molecule has 0 spiro atoms. The van der Waals surface area contributed by atoms with Crippen molar-refractivity contribution in [3.63, 3.8) is 0 Å². The van der Waals surface area contributed by atoms with Crippen molar-refractivity contribution < 1.29 is 14.3 Å². The van der Waals surface area contributed by atoms with Gasteiger partial charge < -0.3 is 15.0 Å². The van der Waals surface area contributed by atoms with Crippen molar-refractivity contribution in [1.29, 1.82) is 0 Å². The zero-order valence-corrected chi connectivity index (χ0v) is 16.8. The number of rotatable bonds is 6. The van der Waals surface area contributed by atoms with Crippen LogP contribution in [-0.2, 0) is 16.0 Å². The second-order valence-electron chi connectivity index (χ2n) is 6.66. The van der Waals surface area contributed by atoms with E-state index in [2.05, 4.69) is 15.6 Å². The zero-order valence-electron chi connectivity index (χ0n) is 15.3. The lowest BCUT2D eigenvalue weighted by atomic mass is 10.1. The smallest absolute Gasteiger partial charge is 0.319 e. The first kappa shape index (κ1) is 19.0. The second kappa shape index (κ2) is 7.95. The molecule has 0 saturated carbocycles. The van der Waals surface area contributed by atoms with Gasteiger partial charge in [0.25, 0.3) is 5.91 Å². The lowest BCUT2D eigenvalue weighted by Gasteiger charge is -2.22. The molecular weight excluding hydrogens is 398 g/mol. The maximum Gasteiger partial charge on any atom is 0.319 e. The lowest BCUT2D eigenvalue weighted by molar-refractivity contribution is -0.142. The molecule has 146 valence electrons. The highest BCUT2D eigenvalue weighted by Crippen LogP contribution is 2.32. The van der Waals surface area contributed by atoms with Crippen molar-refractivity contribution in [1.82, 2.24) is 15.6 Å². The first-order valence-corrected chi connectivity index (χ1v) is 10.3. The van der Waals surface area contributed by atoms with Gasteiger partial charge in [-0.25, -0.2) is 0 Å². The Bertz CT molecular complexity index is 997. The Balaban J connectivity index is 1.50. The van der Waals surface area contributed by atoms with E-state index in [0.29, 0.717) is 23.1 Å². The van der Waals surface area contributed by atoms with E-state index >= 15 is 0 Å². The monoisotopic (exact) mass is 417 g/mol. The van der Waals surface area contributed by atoms with E-state index in [1.807, 2.05) is 30.3 Å². The Morgan fingerprint density at radius 3 is 2.93 bits per heavy atom. The Kier molecular flexibility index (Phi) is 5.39. The topological polar surface area (TPSA) is 83.2 Å². The summed E-state index contributed by atoms with van der Waals surface area (Å²) in [4.78, 5) is 28.6. The molecule has 2 aromatic heterocycles. The zero-order chi connectivity index (χ0) is 19.7. The van der Waals surface area contributed by atoms with Crippen molar-refractivity contribution in [3.8, 4) is 0 Å². The number of esters is 1. The average molecular weight is 418 g/mol. The number of benzene rings is 1. The van der Waals surface area contributed by atoms with Crippen LogP contribution in [0.2, 0.25) is 4.34 Å². The molecule has 8 heteroatoms. The molecule has 1 amide bonds. The molecule has 0 bridgehead atoms. The van der Waals surface area contributed by atoms with Gasteiger partial charge in [-0.3, -0.25) is 14.9 Å². The molecule has 0 unspecified atom stereocenters. The van der Waals surface area contributed by atoms with Crippen LogP contribution in [0.5, 0.6) is 0 Å². The van der Waals surface area contributed by atoms with E-state index in [4.69, 9.17) is 16.3 Å². The minimum Gasteiger partial charge on any atom is -0.465 e. The van der Waals surface area contributed by atoms with E-state index in [1.54, 1.807) is 13.0 Å². The minimum atomic E-state index is -0.307. The quantitative estimate of drug-likeness (QED) is 0.536. The SMILES string of the molecule is CCOC(=O)CN[C@@H]1c2ccccc2C[C@H]1NC(=O)c1cc2cc(Cl)sc2[nH]1. The van der Waals surface area contributed by atoms with E-state index in [9.17, 15) is 9.59 Å². The summed E-state index contributed by atoms with van der Waals surface area (Å²) in [5.74, 6) is -0.487. The van der Waals surface area contributed by atoms with Crippen LogP contribution in [0.3, 0.4) is 0 Å². The average Bonchev–Trinajstić information content (AvgIpc) is 3.30. The number of fused-ring (bicyclic) bond motifs is 2. The number of amides is 1. The van der Waals surface area contributed by atoms with Crippen molar-refractivity contribution >= 4 is 45.0 Å². The van der Waals surface area contributed by atoms with Gasteiger partial charge in [-0.05, 0) is 36.6 Å². The van der Waals surface area contributed by atoms with Gasteiger partial charge in [0.2, 0.25) is 0 Å². The highest BCUT2D eigenvalue weighted by molar-refractivity contribution is 7.22. The van der Waals surface area contributed by atoms with Crippen LogP contribution in [0.4, 0.5) is 0 Å². The summed E-state index contributed by atoms with van der Waals surface area (Å²) in [6.45, 7) is 2.21. The van der Waals surface area contributed by atoms with E-state index in [0.717, 1.165) is 21.3 Å². The predicted octanol–water partition coefficient (Wildman–Crippen LogP) is 3.43. The number of H-pyrrole nitrogens is 1. The maximum absolute atomic E-state index is 12.8. The third kappa shape index (κ3) is 3.78. The molecule has 6 nitrogen and oxygen atoms in total. The summed E-state index contributed by atoms with van der Waals surface area (Å²) in [6.07, 6.45) is 0.698. The lowest BCUT2D eigenvalue weighted by Crippen LogP contribution is -2.44. The van der Waals surface area contributed by atoms with E-state index in [1.165, 1.54) is 11.3 Å². The van der Waals surface area contributed by atoms with Gasteiger partial charge in [-0.2, -0.15) is 0 Å². The number of hydrogen-bond acceptors (Lipinski definition) is 5. The molecule has 3 aromatic rings. The summed E-state index contributed by atoms with van der Waals surface area (Å²) < 4.78 is 5.69. The van der Waals surface area contributed by atoms with Gasteiger partial charge >= 0.3 is 5.97 Å². The molecule has 0 fully saturated rings. The van der Waals surface area contributed by atoms with Gasteiger partial charge in [-0.15, -0.1) is 11.3 Å². The minimum absolute atomic E-state index is 0.0932. The van der Waals surface area contributed by atoms with Crippen molar-refractivity contribution in [2.45, 2.75) is 25.4 Å². The predicted molar refractivity (Wildman–Crippen MR) is 110 cm³/mol. The fraction of sp³-hybridized carbons (Fsp3) is 0.300. The molecular formula is C20H20ClN3O3S. The number of aromatic nitrogens is 1.